The molecule has 0 spiro atoms. The van der Waals surface area contributed by atoms with E-state index in [4.69, 9.17) is 5.73 Å². The Morgan fingerprint density at radius 2 is 2.00 bits per heavy atom. The van der Waals surface area contributed by atoms with Gasteiger partial charge < -0.3 is 11.1 Å². The summed E-state index contributed by atoms with van der Waals surface area (Å²) in [7, 11) is 0. The second-order valence-corrected chi connectivity index (χ2v) is 6.87. The minimum atomic E-state index is -0.332. The molecule has 0 fully saturated rings. The van der Waals surface area contributed by atoms with E-state index in [1.165, 1.54) is 0 Å². The average molecular weight is 360 g/mol. The van der Waals surface area contributed by atoms with E-state index < -0.39 is 0 Å². The van der Waals surface area contributed by atoms with E-state index in [1.54, 1.807) is 12.4 Å². The zero-order valence-electron chi connectivity index (χ0n) is 15.6. The molecular weight excluding hydrogens is 336 g/mol. The summed E-state index contributed by atoms with van der Waals surface area (Å²) in [5.41, 5.74) is 9.24. The lowest BCUT2D eigenvalue weighted by Crippen LogP contribution is -2.18. The molecule has 0 amide bonds. The number of nitrogens with one attached hydrogen (secondary N) is 2. The van der Waals surface area contributed by atoms with Gasteiger partial charge in [-0.1, -0.05) is 30.9 Å². The van der Waals surface area contributed by atoms with Crippen LogP contribution in [-0.2, 0) is 5.41 Å². The lowest BCUT2D eigenvalue weighted by Gasteiger charge is -2.19. The number of hydrogen-bond acceptors (Lipinski definition) is 5. The Hall–Kier alpha value is -3.25. The fourth-order valence-corrected chi connectivity index (χ4v) is 2.51. The predicted molar refractivity (Wildman–Crippen MR) is 110 cm³/mol. The van der Waals surface area contributed by atoms with Crippen molar-refractivity contribution in [3.63, 3.8) is 0 Å². The molecular formula is C21H24N6. The molecule has 1 aromatic carbocycles. The second kappa shape index (κ2) is 7.97. The fraction of sp³-hybridized carbons (Fsp3) is 0.190. The quantitative estimate of drug-likeness (QED) is 0.555. The number of aromatic nitrogens is 4. The number of hydrogen-bond donors (Lipinski definition) is 3. The summed E-state index contributed by atoms with van der Waals surface area (Å²) in [5, 5.41) is 10.1. The maximum atomic E-state index is 5.59. The first kappa shape index (κ1) is 18.5. The summed E-state index contributed by atoms with van der Waals surface area (Å²) in [6, 6.07) is 9.97. The smallest absolute Gasteiger partial charge is 0.140 e. The molecule has 6 nitrogen and oxygen atoms in total. The van der Waals surface area contributed by atoms with Crippen molar-refractivity contribution >= 4 is 11.5 Å². The summed E-state index contributed by atoms with van der Waals surface area (Å²) in [6.07, 6.45) is 9.39. The Morgan fingerprint density at radius 1 is 1.22 bits per heavy atom. The summed E-state index contributed by atoms with van der Waals surface area (Å²) in [4.78, 5) is 9.10. The highest BCUT2D eigenvalue weighted by Crippen LogP contribution is 2.25. The van der Waals surface area contributed by atoms with E-state index in [9.17, 15) is 0 Å². The van der Waals surface area contributed by atoms with Crippen LogP contribution in [0.15, 0.2) is 73.2 Å². The van der Waals surface area contributed by atoms with E-state index in [2.05, 4.69) is 45.9 Å². The van der Waals surface area contributed by atoms with Crippen LogP contribution in [0, 0.1) is 0 Å². The Kier molecular flexibility index (Phi) is 5.47. The number of benzene rings is 1. The van der Waals surface area contributed by atoms with Crippen molar-refractivity contribution in [2.75, 3.05) is 11.9 Å². The van der Waals surface area contributed by atoms with Gasteiger partial charge in [-0.2, -0.15) is 5.10 Å². The molecule has 0 bridgehead atoms. The van der Waals surface area contributed by atoms with Gasteiger partial charge >= 0.3 is 0 Å². The molecule has 2 aromatic heterocycles. The topological polar surface area (TPSA) is 92.5 Å². The lowest BCUT2D eigenvalue weighted by molar-refractivity contribution is 0.614. The number of rotatable bonds is 7. The summed E-state index contributed by atoms with van der Waals surface area (Å²) in [6.45, 7) is 8.46. The highest BCUT2D eigenvalue weighted by Gasteiger charge is 2.20. The zero-order chi connectivity index (χ0) is 19.3. The summed E-state index contributed by atoms with van der Waals surface area (Å²) in [5.74, 6) is 1.47. The molecule has 27 heavy (non-hydrogen) atoms. The number of nitrogens with zero attached hydrogens (tertiary/aromatic N) is 3. The van der Waals surface area contributed by atoms with E-state index in [1.807, 2.05) is 48.7 Å². The molecule has 4 N–H and O–H groups in total. The first-order valence-corrected chi connectivity index (χ1v) is 8.75. The Labute approximate surface area is 159 Å². The van der Waals surface area contributed by atoms with Gasteiger partial charge in [0.05, 0.1) is 6.20 Å². The summed E-state index contributed by atoms with van der Waals surface area (Å²) < 4.78 is 0. The van der Waals surface area contributed by atoms with Crippen LogP contribution in [0.25, 0.3) is 11.1 Å². The third-order valence-electron chi connectivity index (χ3n) is 4.22. The number of nitrogens with two attached hydrogens (primary N) is 1. The van der Waals surface area contributed by atoms with E-state index in [0.29, 0.717) is 6.54 Å². The minimum Gasteiger partial charge on any atom is -0.340 e. The first-order chi connectivity index (χ1) is 13.0. The molecule has 0 aliphatic rings. The van der Waals surface area contributed by atoms with Crippen LogP contribution in [0.4, 0.5) is 11.5 Å². The van der Waals surface area contributed by atoms with Crippen LogP contribution in [0.5, 0.6) is 0 Å². The lowest BCUT2D eigenvalue weighted by atomic mass is 9.91. The highest BCUT2D eigenvalue weighted by molar-refractivity contribution is 5.66. The number of allylic oxidation sites excluding steroid dienone is 1. The van der Waals surface area contributed by atoms with Gasteiger partial charge in [-0.3, -0.25) is 5.10 Å². The Balaban J connectivity index is 1.76. The van der Waals surface area contributed by atoms with Gasteiger partial charge in [0.2, 0.25) is 0 Å². The monoisotopic (exact) mass is 360 g/mol. The van der Waals surface area contributed by atoms with Crippen molar-refractivity contribution < 1.29 is 0 Å². The van der Waals surface area contributed by atoms with Crippen LogP contribution in [0.1, 0.15) is 19.7 Å². The van der Waals surface area contributed by atoms with Gasteiger partial charge in [0.15, 0.2) is 0 Å². The van der Waals surface area contributed by atoms with Gasteiger partial charge in [-0.05, 0) is 43.2 Å². The van der Waals surface area contributed by atoms with E-state index >= 15 is 0 Å². The zero-order valence-corrected chi connectivity index (χ0v) is 15.6. The van der Waals surface area contributed by atoms with Crippen molar-refractivity contribution in [1.29, 1.82) is 0 Å². The van der Waals surface area contributed by atoms with Crippen LogP contribution in [0.2, 0.25) is 0 Å². The fourth-order valence-electron chi connectivity index (χ4n) is 2.51. The molecule has 0 aliphatic heterocycles. The van der Waals surface area contributed by atoms with Gasteiger partial charge in [-0.25, -0.2) is 9.97 Å². The number of H-pyrrole nitrogens is 1. The van der Waals surface area contributed by atoms with Gasteiger partial charge in [0.25, 0.3) is 0 Å². The molecule has 3 aromatic rings. The normalized spacial score (nSPS) is 11.7. The van der Waals surface area contributed by atoms with Gasteiger partial charge in [0.1, 0.15) is 11.6 Å². The van der Waals surface area contributed by atoms with E-state index in [-0.39, 0.29) is 5.41 Å². The molecule has 0 saturated carbocycles. The van der Waals surface area contributed by atoms with Crippen molar-refractivity contribution in [2.45, 2.75) is 19.3 Å². The molecule has 138 valence electrons. The molecule has 3 rings (SSSR count). The maximum absolute atomic E-state index is 5.59. The number of anilines is 2. The predicted octanol–water partition coefficient (Wildman–Crippen LogP) is 3.96. The minimum absolute atomic E-state index is 0.332. The molecule has 0 unspecified atom stereocenters. The van der Waals surface area contributed by atoms with E-state index in [0.717, 1.165) is 34.0 Å². The largest absolute Gasteiger partial charge is 0.340 e. The molecule has 0 aliphatic carbocycles. The van der Waals surface area contributed by atoms with Crippen LogP contribution >= 0.6 is 0 Å². The molecule has 0 saturated heterocycles. The maximum Gasteiger partial charge on any atom is 0.140 e. The second-order valence-electron chi connectivity index (χ2n) is 6.87. The van der Waals surface area contributed by atoms with Crippen LogP contribution in [0.3, 0.4) is 0 Å². The highest BCUT2D eigenvalue weighted by atomic mass is 15.1. The van der Waals surface area contributed by atoms with Gasteiger partial charge in [-0.15, -0.1) is 0 Å². The standard InChI is InChI=1S/C21H24N6/c1-15(12-22)8-10-21(2,3)20-23-11-9-19(27-20)26-18-6-4-16(5-7-18)17-13-24-25-14-17/h4-11,13-14H,1,12,22H2,2-3H3,(H,24,25)(H,23,26,27)/b10-8-. The van der Waals surface area contributed by atoms with Crippen LogP contribution in [-0.4, -0.2) is 26.7 Å². The SMILES string of the molecule is C=C(/C=C\C(C)(C)c1nccc(Nc2ccc(-c3cn[nH]c3)cc2)n1)CN. The van der Waals surface area contributed by atoms with Crippen molar-refractivity contribution in [2.24, 2.45) is 5.73 Å². The molecule has 0 radical (unpaired) electrons. The van der Waals surface area contributed by atoms with Crippen molar-refractivity contribution in [3.05, 3.63) is 79.1 Å². The summed E-state index contributed by atoms with van der Waals surface area (Å²) >= 11 is 0. The van der Waals surface area contributed by atoms with Crippen molar-refractivity contribution in [1.82, 2.24) is 20.2 Å². The molecule has 6 heteroatoms. The van der Waals surface area contributed by atoms with Crippen molar-refractivity contribution in [3.8, 4) is 11.1 Å². The Morgan fingerprint density at radius 3 is 2.67 bits per heavy atom. The van der Waals surface area contributed by atoms with Crippen LogP contribution < -0.4 is 11.1 Å². The third kappa shape index (κ3) is 4.68. The average Bonchev–Trinajstić information content (AvgIpc) is 3.22. The molecule has 2 heterocycles. The first-order valence-electron chi connectivity index (χ1n) is 8.75. The number of aromatic amines is 1. The Bertz CT molecular complexity index is 924. The molecule has 0 atom stereocenters. The third-order valence-corrected chi connectivity index (χ3v) is 4.22. The van der Waals surface area contributed by atoms with Gasteiger partial charge in [0, 0.05) is 35.6 Å².